The average Bonchev–Trinajstić information content (AvgIpc) is 1.99. The highest BCUT2D eigenvalue weighted by Gasteiger charge is 1.86. The number of hydrogen-bond acceptors (Lipinski definition) is 1. The molecule has 0 unspecified atom stereocenters. The molecule has 0 bridgehead atoms. The Morgan fingerprint density at radius 2 is 2.20 bits per heavy atom. The molecule has 0 aliphatic heterocycles. The quantitative estimate of drug-likeness (QED) is 0.592. The second-order valence-electron chi connectivity index (χ2n) is 2.11. The summed E-state index contributed by atoms with van der Waals surface area (Å²) >= 11 is 0. The Morgan fingerprint density at radius 3 is 2.50 bits per heavy atom. The van der Waals surface area contributed by atoms with Gasteiger partial charge in [-0.1, -0.05) is 30.4 Å². The zero-order valence-electron chi connectivity index (χ0n) is 6.59. The predicted molar refractivity (Wildman–Crippen MR) is 44.8 cm³/mol. The first-order chi connectivity index (χ1) is 4.74. The van der Waals surface area contributed by atoms with E-state index in [1.165, 1.54) is 0 Å². The summed E-state index contributed by atoms with van der Waals surface area (Å²) in [6.07, 6.45) is 5.55. The van der Waals surface area contributed by atoms with Crippen LogP contribution in [0.2, 0.25) is 0 Å². The molecule has 0 rings (SSSR count). The third-order valence-electron chi connectivity index (χ3n) is 1.31. The molecular weight excluding hydrogens is 124 g/mol. The van der Waals surface area contributed by atoms with Crippen molar-refractivity contribution in [2.24, 2.45) is 0 Å². The van der Waals surface area contributed by atoms with E-state index in [9.17, 15) is 0 Å². The topological polar surface area (TPSA) is 20.2 Å². The van der Waals surface area contributed by atoms with Crippen LogP contribution < -0.4 is 0 Å². The first-order valence-electron chi connectivity index (χ1n) is 3.31. The van der Waals surface area contributed by atoms with Crippen LogP contribution >= 0.6 is 0 Å². The lowest BCUT2D eigenvalue weighted by Crippen LogP contribution is -1.85. The van der Waals surface area contributed by atoms with Gasteiger partial charge >= 0.3 is 0 Å². The molecule has 0 aromatic rings. The molecule has 0 aliphatic carbocycles. The third-order valence-corrected chi connectivity index (χ3v) is 1.31. The highest BCUT2D eigenvalue weighted by molar-refractivity contribution is 5.27. The van der Waals surface area contributed by atoms with Gasteiger partial charge in [-0.25, -0.2) is 0 Å². The maximum Gasteiger partial charge on any atom is 0.0681 e. The van der Waals surface area contributed by atoms with Crippen LogP contribution in [0.3, 0.4) is 0 Å². The minimum Gasteiger partial charge on any atom is -0.392 e. The maximum atomic E-state index is 8.70. The summed E-state index contributed by atoms with van der Waals surface area (Å²) in [7, 11) is 0. The van der Waals surface area contributed by atoms with Gasteiger partial charge in [0.05, 0.1) is 6.61 Å². The summed E-state index contributed by atoms with van der Waals surface area (Å²) in [5.41, 5.74) is 2.00. The lowest BCUT2D eigenvalue weighted by Gasteiger charge is -1.94. The van der Waals surface area contributed by atoms with Gasteiger partial charge in [0.1, 0.15) is 0 Å². The van der Waals surface area contributed by atoms with Crippen molar-refractivity contribution in [3.8, 4) is 0 Å². The van der Waals surface area contributed by atoms with Crippen LogP contribution in [0.4, 0.5) is 0 Å². The van der Waals surface area contributed by atoms with E-state index in [-0.39, 0.29) is 6.61 Å². The molecule has 0 aromatic carbocycles. The first-order valence-corrected chi connectivity index (χ1v) is 3.31. The van der Waals surface area contributed by atoms with Crippen molar-refractivity contribution in [1.29, 1.82) is 0 Å². The fraction of sp³-hybridized carbons (Fsp3) is 0.333. The minimum atomic E-state index is 0.0642. The Morgan fingerprint density at radius 1 is 1.60 bits per heavy atom. The van der Waals surface area contributed by atoms with E-state index in [1.54, 1.807) is 6.08 Å². The molecule has 0 saturated heterocycles. The van der Waals surface area contributed by atoms with Crippen LogP contribution in [0.1, 0.15) is 13.8 Å². The van der Waals surface area contributed by atoms with Crippen molar-refractivity contribution < 1.29 is 5.11 Å². The highest BCUT2D eigenvalue weighted by Crippen LogP contribution is 2.01. The summed E-state index contributed by atoms with van der Waals surface area (Å²) in [5, 5.41) is 8.70. The van der Waals surface area contributed by atoms with Gasteiger partial charge in [0.15, 0.2) is 0 Å². The molecule has 0 fully saturated rings. The van der Waals surface area contributed by atoms with Crippen LogP contribution in [0.5, 0.6) is 0 Å². The van der Waals surface area contributed by atoms with Gasteiger partial charge in [0, 0.05) is 0 Å². The Balaban J connectivity index is 4.24. The first kappa shape index (κ1) is 9.18. The lowest BCUT2D eigenvalue weighted by molar-refractivity contribution is 0.335. The van der Waals surface area contributed by atoms with E-state index in [4.69, 9.17) is 5.11 Å². The summed E-state index contributed by atoms with van der Waals surface area (Å²) in [6.45, 7) is 7.58. The second kappa shape index (κ2) is 5.00. The van der Waals surface area contributed by atoms with E-state index in [2.05, 4.69) is 6.58 Å². The molecule has 0 saturated carbocycles. The zero-order chi connectivity index (χ0) is 7.98. The molecule has 0 spiro atoms. The SMILES string of the molecule is C=C/C(=C\C(C)=C/C)CO. The molecule has 1 nitrogen and oxygen atoms in total. The van der Waals surface area contributed by atoms with E-state index in [1.807, 2.05) is 26.0 Å². The number of allylic oxidation sites excluding steroid dienone is 3. The summed E-state index contributed by atoms with van der Waals surface area (Å²) in [6, 6.07) is 0. The Hall–Kier alpha value is -0.820. The van der Waals surface area contributed by atoms with Crippen molar-refractivity contribution in [2.75, 3.05) is 6.61 Å². The predicted octanol–water partition coefficient (Wildman–Crippen LogP) is 2.06. The van der Waals surface area contributed by atoms with Gasteiger partial charge < -0.3 is 5.11 Å². The molecule has 1 N–H and O–H groups in total. The third kappa shape index (κ3) is 3.25. The van der Waals surface area contributed by atoms with Gasteiger partial charge in [-0.05, 0) is 19.4 Å². The molecular formula is C9H14O. The van der Waals surface area contributed by atoms with Crippen LogP contribution in [0.25, 0.3) is 0 Å². The van der Waals surface area contributed by atoms with E-state index < -0.39 is 0 Å². The van der Waals surface area contributed by atoms with Crippen molar-refractivity contribution in [3.05, 3.63) is 36.0 Å². The standard InChI is InChI=1S/C9H14O/c1-4-8(3)6-9(5-2)7-10/h4-6,10H,2,7H2,1,3H3/b8-4-,9-6+. The highest BCUT2D eigenvalue weighted by atomic mass is 16.3. The Labute approximate surface area is 62.4 Å². The smallest absolute Gasteiger partial charge is 0.0681 e. The fourth-order valence-electron chi connectivity index (χ4n) is 0.545. The van der Waals surface area contributed by atoms with E-state index in [0.717, 1.165) is 11.1 Å². The fourth-order valence-corrected chi connectivity index (χ4v) is 0.545. The molecule has 0 aromatic heterocycles. The molecule has 0 atom stereocenters. The number of rotatable bonds is 3. The van der Waals surface area contributed by atoms with E-state index >= 15 is 0 Å². The van der Waals surface area contributed by atoms with Crippen LogP contribution in [0, 0.1) is 0 Å². The van der Waals surface area contributed by atoms with E-state index in [0.29, 0.717) is 0 Å². The summed E-state index contributed by atoms with van der Waals surface area (Å²) in [4.78, 5) is 0. The van der Waals surface area contributed by atoms with Crippen molar-refractivity contribution >= 4 is 0 Å². The molecule has 1 heteroatoms. The van der Waals surface area contributed by atoms with Gasteiger partial charge in [-0.15, -0.1) is 0 Å². The molecule has 0 heterocycles. The maximum absolute atomic E-state index is 8.70. The van der Waals surface area contributed by atoms with Crippen LogP contribution in [-0.2, 0) is 0 Å². The molecule has 10 heavy (non-hydrogen) atoms. The summed E-state index contributed by atoms with van der Waals surface area (Å²) < 4.78 is 0. The second-order valence-corrected chi connectivity index (χ2v) is 2.11. The Bertz CT molecular complexity index is 164. The largest absolute Gasteiger partial charge is 0.392 e. The normalized spacial score (nSPS) is 13.5. The monoisotopic (exact) mass is 138 g/mol. The van der Waals surface area contributed by atoms with Crippen molar-refractivity contribution in [3.63, 3.8) is 0 Å². The van der Waals surface area contributed by atoms with Gasteiger partial charge in [-0.2, -0.15) is 0 Å². The van der Waals surface area contributed by atoms with Crippen molar-refractivity contribution in [1.82, 2.24) is 0 Å². The van der Waals surface area contributed by atoms with Gasteiger partial charge in [-0.3, -0.25) is 0 Å². The van der Waals surface area contributed by atoms with Gasteiger partial charge in [0.25, 0.3) is 0 Å². The summed E-state index contributed by atoms with van der Waals surface area (Å²) in [5.74, 6) is 0. The zero-order valence-corrected chi connectivity index (χ0v) is 6.59. The van der Waals surface area contributed by atoms with Crippen LogP contribution in [0.15, 0.2) is 36.0 Å². The molecule has 0 amide bonds. The lowest BCUT2D eigenvalue weighted by atomic mass is 10.2. The molecule has 56 valence electrons. The Kier molecular flexibility index (Phi) is 4.59. The average molecular weight is 138 g/mol. The number of aliphatic hydroxyl groups excluding tert-OH is 1. The molecule has 0 radical (unpaired) electrons. The van der Waals surface area contributed by atoms with Crippen LogP contribution in [-0.4, -0.2) is 11.7 Å². The van der Waals surface area contributed by atoms with Gasteiger partial charge in [0.2, 0.25) is 0 Å². The minimum absolute atomic E-state index is 0.0642. The molecule has 0 aliphatic rings. The van der Waals surface area contributed by atoms with Crippen molar-refractivity contribution in [2.45, 2.75) is 13.8 Å². The number of aliphatic hydroxyl groups is 1. The number of hydrogen-bond donors (Lipinski definition) is 1.